The van der Waals surface area contributed by atoms with Crippen LogP contribution in [0.1, 0.15) is 32.3 Å². The van der Waals surface area contributed by atoms with Gasteiger partial charge in [0.15, 0.2) is 5.96 Å². The SMILES string of the molecule is CCNC(=NCCC(=O)NCc1ccccc1)NC(C)CCS(C)(=O)=O.I. The minimum atomic E-state index is -2.98. The normalized spacial score (nSPS) is 12.6. The van der Waals surface area contributed by atoms with E-state index in [2.05, 4.69) is 20.9 Å². The first kappa shape index (κ1) is 25.6. The van der Waals surface area contributed by atoms with Crippen molar-refractivity contribution in [1.82, 2.24) is 16.0 Å². The second-order valence-corrected chi connectivity index (χ2v) is 8.50. The molecule has 1 aromatic carbocycles. The van der Waals surface area contributed by atoms with Gasteiger partial charge in [-0.05, 0) is 25.8 Å². The highest BCUT2D eigenvalue weighted by Crippen LogP contribution is 1.98. The van der Waals surface area contributed by atoms with Crippen molar-refractivity contribution in [1.29, 1.82) is 0 Å². The lowest BCUT2D eigenvalue weighted by Crippen LogP contribution is -2.43. The Morgan fingerprint density at radius 2 is 1.85 bits per heavy atom. The lowest BCUT2D eigenvalue weighted by atomic mass is 10.2. The van der Waals surface area contributed by atoms with Gasteiger partial charge in [0.05, 0.1) is 12.3 Å². The Morgan fingerprint density at radius 3 is 2.44 bits per heavy atom. The summed E-state index contributed by atoms with van der Waals surface area (Å²) in [6.07, 6.45) is 2.02. The largest absolute Gasteiger partial charge is 0.357 e. The first-order valence-corrected chi connectivity index (χ1v) is 10.9. The number of nitrogens with zero attached hydrogens (tertiary/aromatic N) is 1. The number of amides is 1. The van der Waals surface area contributed by atoms with Crippen LogP contribution in [0.5, 0.6) is 0 Å². The topological polar surface area (TPSA) is 99.7 Å². The number of aliphatic imine (C=N–C) groups is 1. The lowest BCUT2D eigenvalue weighted by Gasteiger charge is -2.17. The Kier molecular flexibility index (Phi) is 13.1. The number of hydrogen-bond donors (Lipinski definition) is 3. The second-order valence-electron chi connectivity index (χ2n) is 6.24. The Balaban J connectivity index is 0.00000676. The Labute approximate surface area is 179 Å². The molecule has 0 bridgehead atoms. The summed E-state index contributed by atoms with van der Waals surface area (Å²) >= 11 is 0. The predicted octanol–water partition coefficient (Wildman–Crippen LogP) is 1.69. The summed E-state index contributed by atoms with van der Waals surface area (Å²) in [6, 6.07) is 9.70. The fourth-order valence-corrected chi connectivity index (χ4v) is 2.95. The van der Waals surface area contributed by atoms with Gasteiger partial charge < -0.3 is 16.0 Å². The number of hydrogen-bond acceptors (Lipinski definition) is 4. The van der Waals surface area contributed by atoms with E-state index in [0.717, 1.165) is 5.56 Å². The molecule has 0 fully saturated rings. The molecule has 0 aliphatic heterocycles. The van der Waals surface area contributed by atoms with Crippen LogP contribution in [-0.4, -0.2) is 51.4 Å². The molecule has 1 atom stereocenters. The van der Waals surface area contributed by atoms with Crippen molar-refractivity contribution in [3.63, 3.8) is 0 Å². The van der Waals surface area contributed by atoms with Gasteiger partial charge in [-0.2, -0.15) is 0 Å². The summed E-state index contributed by atoms with van der Waals surface area (Å²) in [4.78, 5) is 16.3. The van der Waals surface area contributed by atoms with Crippen molar-refractivity contribution in [2.24, 2.45) is 4.99 Å². The molecule has 27 heavy (non-hydrogen) atoms. The fourth-order valence-electron chi connectivity index (χ4n) is 2.17. The number of carbonyl (C=O) groups is 1. The summed E-state index contributed by atoms with van der Waals surface area (Å²) in [5.74, 6) is 0.658. The van der Waals surface area contributed by atoms with Crippen LogP contribution in [0.15, 0.2) is 35.3 Å². The van der Waals surface area contributed by atoms with Crippen molar-refractivity contribution < 1.29 is 13.2 Å². The average molecular weight is 510 g/mol. The molecule has 0 aliphatic carbocycles. The number of nitrogens with one attached hydrogen (secondary N) is 3. The number of benzene rings is 1. The molecule has 154 valence electrons. The van der Waals surface area contributed by atoms with Gasteiger partial charge in [0, 0.05) is 31.8 Å². The van der Waals surface area contributed by atoms with Crippen LogP contribution < -0.4 is 16.0 Å². The molecule has 1 rings (SSSR count). The summed E-state index contributed by atoms with van der Waals surface area (Å²) in [5.41, 5.74) is 1.05. The van der Waals surface area contributed by atoms with Gasteiger partial charge in [-0.3, -0.25) is 9.79 Å². The van der Waals surface area contributed by atoms with Crippen LogP contribution in [-0.2, 0) is 21.2 Å². The van der Waals surface area contributed by atoms with Crippen LogP contribution in [0.3, 0.4) is 0 Å². The molecule has 1 aromatic rings. The highest BCUT2D eigenvalue weighted by molar-refractivity contribution is 14.0. The van der Waals surface area contributed by atoms with Gasteiger partial charge in [-0.15, -0.1) is 24.0 Å². The molecule has 7 nitrogen and oxygen atoms in total. The highest BCUT2D eigenvalue weighted by Gasteiger charge is 2.09. The van der Waals surface area contributed by atoms with Crippen molar-refractivity contribution in [3.8, 4) is 0 Å². The van der Waals surface area contributed by atoms with E-state index in [9.17, 15) is 13.2 Å². The molecule has 0 aromatic heterocycles. The van der Waals surface area contributed by atoms with Gasteiger partial charge in [0.2, 0.25) is 5.91 Å². The minimum Gasteiger partial charge on any atom is -0.357 e. The molecule has 9 heteroatoms. The van der Waals surface area contributed by atoms with Crippen LogP contribution in [0.25, 0.3) is 0 Å². The third kappa shape index (κ3) is 13.5. The van der Waals surface area contributed by atoms with E-state index in [1.165, 1.54) is 6.26 Å². The highest BCUT2D eigenvalue weighted by atomic mass is 127. The van der Waals surface area contributed by atoms with E-state index in [1.807, 2.05) is 44.2 Å². The third-order valence-electron chi connectivity index (χ3n) is 3.59. The quantitative estimate of drug-likeness (QED) is 0.253. The Morgan fingerprint density at radius 1 is 1.19 bits per heavy atom. The summed E-state index contributed by atoms with van der Waals surface area (Å²) < 4.78 is 22.5. The predicted molar refractivity (Wildman–Crippen MR) is 121 cm³/mol. The van der Waals surface area contributed by atoms with Crippen LogP contribution in [0.4, 0.5) is 0 Å². The monoisotopic (exact) mass is 510 g/mol. The fraction of sp³-hybridized carbons (Fsp3) is 0.556. The van der Waals surface area contributed by atoms with Crippen molar-refractivity contribution >= 4 is 45.7 Å². The van der Waals surface area contributed by atoms with E-state index in [4.69, 9.17) is 0 Å². The summed E-state index contributed by atoms with van der Waals surface area (Å²) in [5, 5.41) is 9.13. The molecule has 0 spiro atoms. The van der Waals surface area contributed by atoms with Gasteiger partial charge in [0.1, 0.15) is 9.84 Å². The Hall–Kier alpha value is -1.36. The summed E-state index contributed by atoms with van der Waals surface area (Å²) in [7, 11) is -2.98. The number of halogens is 1. The number of rotatable bonds is 10. The van der Waals surface area contributed by atoms with E-state index < -0.39 is 9.84 Å². The van der Waals surface area contributed by atoms with Crippen LogP contribution >= 0.6 is 24.0 Å². The molecule has 0 saturated heterocycles. The third-order valence-corrected chi connectivity index (χ3v) is 4.57. The zero-order valence-corrected chi connectivity index (χ0v) is 19.3. The first-order valence-electron chi connectivity index (χ1n) is 8.83. The number of carbonyl (C=O) groups excluding carboxylic acids is 1. The Bertz CT molecular complexity index is 681. The zero-order valence-electron chi connectivity index (χ0n) is 16.2. The van der Waals surface area contributed by atoms with Crippen molar-refractivity contribution in [3.05, 3.63) is 35.9 Å². The molecule has 1 amide bonds. The molecular formula is C18H31IN4O3S. The average Bonchev–Trinajstić information content (AvgIpc) is 2.59. The van der Waals surface area contributed by atoms with Crippen LogP contribution in [0, 0.1) is 0 Å². The van der Waals surface area contributed by atoms with Crippen molar-refractivity contribution in [2.45, 2.75) is 39.3 Å². The first-order chi connectivity index (χ1) is 12.3. The smallest absolute Gasteiger partial charge is 0.222 e. The van der Waals surface area contributed by atoms with Crippen molar-refractivity contribution in [2.75, 3.05) is 25.1 Å². The van der Waals surface area contributed by atoms with E-state index in [-0.39, 0.29) is 41.7 Å². The van der Waals surface area contributed by atoms with Gasteiger partial charge >= 0.3 is 0 Å². The second kappa shape index (κ2) is 13.8. The molecule has 3 N–H and O–H groups in total. The maximum atomic E-state index is 11.9. The number of guanidine groups is 1. The molecule has 1 unspecified atom stereocenters. The molecule has 0 aliphatic rings. The minimum absolute atomic E-state index is 0. The van der Waals surface area contributed by atoms with Crippen LogP contribution in [0.2, 0.25) is 0 Å². The van der Waals surface area contributed by atoms with E-state index in [0.29, 0.717) is 38.4 Å². The molecule has 0 saturated carbocycles. The zero-order chi connectivity index (χ0) is 19.4. The molecule has 0 heterocycles. The number of sulfone groups is 1. The lowest BCUT2D eigenvalue weighted by molar-refractivity contribution is -0.121. The standard InChI is InChI=1S/C18H30N4O3S.HI/c1-4-19-18(22-15(2)11-13-26(3,24)25)20-12-10-17(23)21-14-16-8-6-5-7-9-16;/h5-9,15H,4,10-14H2,1-3H3,(H,21,23)(H2,19,20,22);1H. The molecule has 0 radical (unpaired) electrons. The van der Waals surface area contributed by atoms with E-state index in [1.54, 1.807) is 0 Å². The van der Waals surface area contributed by atoms with Gasteiger partial charge in [0.25, 0.3) is 0 Å². The summed E-state index contributed by atoms with van der Waals surface area (Å²) in [6.45, 7) is 5.40. The van der Waals surface area contributed by atoms with E-state index >= 15 is 0 Å². The maximum Gasteiger partial charge on any atom is 0.222 e. The van der Waals surface area contributed by atoms with Gasteiger partial charge in [-0.25, -0.2) is 8.42 Å². The molecular weight excluding hydrogens is 479 g/mol. The maximum absolute atomic E-state index is 11.9. The van der Waals surface area contributed by atoms with Gasteiger partial charge in [-0.1, -0.05) is 30.3 Å².